The fraction of sp³-hybridized carbons (Fsp3) is 0.545. The highest BCUT2D eigenvalue weighted by Gasteiger charge is 2.23. The Hall–Kier alpha value is -0.900. The van der Waals surface area contributed by atoms with E-state index < -0.39 is 16.0 Å². The van der Waals surface area contributed by atoms with E-state index in [1.807, 2.05) is 20.8 Å². The number of hydrogen-bond acceptors (Lipinski definition) is 6. The van der Waals surface area contributed by atoms with Crippen LogP contribution in [0.3, 0.4) is 0 Å². The van der Waals surface area contributed by atoms with Crippen LogP contribution in [0.4, 0.5) is 0 Å². The summed E-state index contributed by atoms with van der Waals surface area (Å²) in [4.78, 5) is 11.3. The van der Waals surface area contributed by atoms with Gasteiger partial charge in [0.2, 0.25) is 15.8 Å². The first kappa shape index (κ1) is 17.2. The standard InChI is InChI=1S/C11H16BrNO6S/c1-11(2,3)18-5-4-17-10(14)7-6-8(9(12)19-7)20(13,15)16/h6H,4-5H2,1-3H3,(H2,13,15,16). The van der Waals surface area contributed by atoms with Crippen molar-refractivity contribution in [1.29, 1.82) is 0 Å². The van der Waals surface area contributed by atoms with Gasteiger partial charge in [-0.05, 0) is 36.7 Å². The number of esters is 1. The molecule has 1 aromatic heterocycles. The Kier molecular flexibility index (Phi) is 5.36. The van der Waals surface area contributed by atoms with E-state index in [0.717, 1.165) is 6.07 Å². The normalized spacial score (nSPS) is 12.4. The average molecular weight is 370 g/mol. The van der Waals surface area contributed by atoms with Gasteiger partial charge in [-0.1, -0.05) is 0 Å². The van der Waals surface area contributed by atoms with Gasteiger partial charge in [-0.2, -0.15) is 0 Å². The highest BCUT2D eigenvalue weighted by atomic mass is 79.9. The second-order valence-corrected chi connectivity index (χ2v) is 7.14. The van der Waals surface area contributed by atoms with Gasteiger partial charge in [-0.25, -0.2) is 18.4 Å². The van der Waals surface area contributed by atoms with Crippen molar-refractivity contribution in [2.45, 2.75) is 31.3 Å². The van der Waals surface area contributed by atoms with E-state index in [1.54, 1.807) is 0 Å². The van der Waals surface area contributed by atoms with Crippen molar-refractivity contribution >= 4 is 31.9 Å². The minimum Gasteiger partial charge on any atom is -0.457 e. The molecule has 1 rings (SSSR count). The monoisotopic (exact) mass is 369 g/mol. The number of halogens is 1. The zero-order chi connectivity index (χ0) is 15.6. The molecule has 0 unspecified atom stereocenters. The second kappa shape index (κ2) is 6.25. The Balaban J connectivity index is 2.61. The molecule has 9 heteroatoms. The Labute approximate surface area is 125 Å². The number of hydrogen-bond donors (Lipinski definition) is 1. The predicted octanol–water partition coefficient (Wildman–Crippen LogP) is 1.66. The van der Waals surface area contributed by atoms with E-state index in [1.165, 1.54) is 0 Å². The number of nitrogens with two attached hydrogens (primary N) is 1. The molecule has 7 nitrogen and oxygen atoms in total. The lowest BCUT2D eigenvalue weighted by molar-refractivity contribution is -0.0289. The Morgan fingerprint density at radius 1 is 1.40 bits per heavy atom. The lowest BCUT2D eigenvalue weighted by Gasteiger charge is -2.19. The Morgan fingerprint density at radius 2 is 2.00 bits per heavy atom. The van der Waals surface area contributed by atoms with Crippen molar-refractivity contribution in [3.8, 4) is 0 Å². The predicted molar refractivity (Wildman–Crippen MR) is 73.8 cm³/mol. The van der Waals surface area contributed by atoms with Crippen LogP contribution in [0.2, 0.25) is 0 Å². The molecule has 0 saturated carbocycles. The molecule has 20 heavy (non-hydrogen) atoms. The first-order chi connectivity index (χ1) is 9.00. The van der Waals surface area contributed by atoms with Gasteiger partial charge < -0.3 is 13.9 Å². The van der Waals surface area contributed by atoms with Crippen LogP contribution in [0.5, 0.6) is 0 Å². The summed E-state index contributed by atoms with van der Waals surface area (Å²) in [7, 11) is -3.96. The minimum absolute atomic E-state index is 0.0269. The van der Waals surface area contributed by atoms with Crippen LogP contribution >= 0.6 is 15.9 Å². The maximum atomic E-state index is 11.6. The summed E-state index contributed by atoms with van der Waals surface area (Å²) < 4.78 is 37.4. The summed E-state index contributed by atoms with van der Waals surface area (Å²) in [5.41, 5.74) is -0.332. The van der Waals surface area contributed by atoms with Crippen molar-refractivity contribution in [1.82, 2.24) is 0 Å². The Morgan fingerprint density at radius 3 is 2.45 bits per heavy atom. The molecule has 0 saturated heterocycles. The van der Waals surface area contributed by atoms with Crippen molar-refractivity contribution in [3.05, 3.63) is 16.5 Å². The molecular weight excluding hydrogens is 354 g/mol. The molecule has 0 spiro atoms. The number of ether oxygens (including phenoxy) is 2. The summed E-state index contributed by atoms with van der Waals surface area (Å²) >= 11 is 2.87. The fourth-order valence-electron chi connectivity index (χ4n) is 1.20. The van der Waals surface area contributed by atoms with E-state index >= 15 is 0 Å². The quantitative estimate of drug-likeness (QED) is 0.624. The zero-order valence-electron chi connectivity index (χ0n) is 11.3. The molecule has 0 aliphatic heterocycles. The van der Waals surface area contributed by atoms with Gasteiger partial charge in [-0.3, -0.25) is 0 Å². The summed E-state index contributed by atoms with van der Waals surface area (Å²) in [6, 6.07) is 1.01. The summed E-state index contributed by atoms with van der Waals surface area (Å²) in [6.07, 6.45) is 0. The van der Waals surface area contributed by atoms with Crippen LogP contribution < -0.4 is 5.14 Å². The minimum atomic E-state index is -3.96. The van der Waals surface area contributed by atoms with Crippen LogP contribution in [0.15, 0.2) is 20.0 Å². The summed E-state index contributed by atoms with van der Waals surface area (Å²) in [5.74, 6) is -1.05. The molecule has 0 radical (unpaired) electrons. The van der Waals surface area contributed by atoms with Gasteiger partial charge in [0.1, 0.15) is 11.5 Å². The van der Waals surface area contributed by atoms with E-state index in [4.69, 9.17) is 19.0 Å². The van der Waals surface area contributed by atoms with Crippen molar-refractivity contribution in [2.24, 2.45) is 5.14 Å². The fourth-order valence-corrected chi connectivity index (χ4v) is 2.70. The average Bonchev–Trinajstić information content (AvgIpc) is 2.65. The van der Waals surface area contributed by atoms with E-state index in [0.29, 0.717) is 0 Å². The molecule has 0 atom stereocenters. The highest BCUT2D eigenvalue weighted by Crippen LogP contribution is 2.25. The van der Waals surface area contributed by atoms with Crippen LogP contribution in [-0.2, 0) is 19.5 Å². The highest BCUT2D eigenvalue weighted by molar-refractivity contribution is 9.10. The molecule has 0 bridgehead atoms. The molecule has 0 aliphatic carbocycles. The van der Waals surface area contributed by atoms with Gasteiger partial charge in [0.15, 0.2) is 4.67 Å². The number of primary sulfonamides is 1. The van der Waals surface area contributed by atoms with Gasteiger partial charge >= 0.3 is 5.97 Å². The third kappa shape index (κ3) is 5.23. The van der Waals surface area contributed by atoms with E-state index in [9.17, 15) is 13.2 Å². The SMILES string of the molecule is CC(C)(C)OCCOC(=O)c1cc(S(N)(=O)=O)c(Br)o1. The number of carbonyl (C=O) groups is 1. The molecule has 0 aromatic carbocycles. The van der Waals surface area contributed by atoms with E-state index in [2.05, 4.69) is 15.9 Å². The van der Waals surface area contributed by atoms with Crippen LogP contribution in [0, 0.1) is 0 Å². The van der Waals surface area contributed by atoms with Gasteiger partial charge in [0.05, 0.1) is 12.2 Å². The van der Waals surface area contributed by atoms with E-state index in [-0.39, 0.29) is 34.1 Å². The molecular formula is C11H16BrNO6S. The van der Waals surface area contributed by atoms with Gasteiger partial charge in [0, 0.05) is 6.07 Å². The smallest absolute Gasteiger partial charge is 0.374 e. The van der Waals surface area contributed by atoms with Gasteiger partial charge in [-0.15, -0.1) is 0 Å². The number of furan rings is 1. The molecule has 2 N–H and O–H groups in total. The van der Waals surface area contributed by atoms with Crippen LogP contribution in [0.1, 0.15) is 31.3 Å². The van der Waals surface area contributed by atoms with Crippen molar-refractivity contribution in [3.63, 3.8) is 0 Å². The zero-order valence-corrected chi connectivity index (χ0v) is 13.7. The second-order valence-electron chi connectivity index (χ2n) is 4.89. The molecule has 1 heterocycles. The summed E-state index contributed by atoms with van der Waals surface area (Å²) in [6.45, 7) is 5.86. The first-order valence-corrected chi connectivity index (χ1v) is 7.98. The largest absolute Gasteiger partial charge is 0.457 e. The van der Waals surface area contributed by atoms with Crippen LogP contribution in [-0.4, -0.2) is 33.2 Å². The molecule has 114 valence electrons. The lowest BCUT2D eigenvalue weighted by Crippen LogP contribution is -2.22. The number of sulfonamides is 1. The van der Waals surface area contributed by atoms with Crippen molar-refractivity contribution < 1.29 is 27.1 Å². The third-order valence-electron chi connectivity index (χ3n) is 2.01. The molecule has 0 fully saturated rings. The number of carbonyl (C=O) groups excluding carboxylic acids is 1. The lowest BCUT2D eigenvalue weighted by atomic mass is 10.2. The maximum absolute atomic E-state index is 11.6. The molecule has 0 aliphatic rings. The van der Waals surface area contributed by atoms with Crippen LogP contribution in [0.25, 0.3) is 0 Å². The summed E-state index contributed by atoms with van der Waals surface area (Å²) in [5, 5.41) is 4.95. The topological polar surface area (TPSA) is 109 Å². The number of rotatable bonds is 5. The maximum Gasteiger partial charge on any atom is 0.374 e. The Bertz CT molecular complexity index is 587. The van der Waals surface area contributed by atoms with Crippen molar-refractivity contribution in [2.75, 3.05) is 13.2 Å². The third-order valence-corrected chi connectivity index (χ3v) is 3.78. The first-order valence-electron chi connectivity index (χ1n) is 5.64. The molecule has 0 amide bonds. The van der Waals surface area contributed by atoms with Gasteiger partial charge in [0.25, 0.3) is 0 Å². The molecule has 1 aromatic rings.